The number of aromatic nitrogens is 1. The first-order chi connectivity index (χ1) is 17.0. The predicted molar refractivity (Wildman–Crippen MR) is 144 cm³/mol. The molecule has 178 valence electrons. The smallest absolute Gasteiger partial charge is 0.259 e. The van der Waals surface area contributed by atoms with Gasteiger partial charge in [-0.3, -0.25) is 14.9 Å². The minimum Gasteiger partial charge on any atom is -0.374 e. The van der Waals surface area contributed by atoms with E-state index in [1.807, 2.05) is 11.8 Å². The van der Waals surface area contributed by atoms with Gasteiger partial charge < -0.3 is 14.8 Å². The third kappa shape index (κ3) is 3.01. The fraction of sp³-hybridized carbons (Fsp3) is 0.357. The number of para-hydroxylation sites is 1. The van der Waals surface area contributed by atoms with Crippen molar-refractivity contribution in [3.05, 3.63) is 52.6 Å². The fourth-order valence-corrected chi connectivity index (χ4v) is 7.43. The first kappa shape index (κ1) is 21.3. The summed E-state index contributed by atoms with van der Waals surface area (Å²) in [4.78, 5) is 34.8. The first-order valence-corrected chi connectivity index (χ1v) is 13.6. The predicted octanol–water partition coefficient (Wildman–Crippen LogP) is 4.50. The van der Waals surface area contributed by atoms with Gasteiger partial charge in [0.15, 0.2) is 0 Å². The lowest BCUT2D eigenvalue weighted by molar-refractivity contribution is 0.0880. The second-order valence-corrected chi connectivity index (χ2v) is 11.4. The Balaban J connectivity index is 1.52. The van der Waals surface area contributed by atoms with E-state index in [2.05, 4.69) is 64.4 Å². The molecule has 35 heavy (non-hydrogen) atoms. The quantitative estimate of drug-likeness (QED) is 0.419. The molecule has 4 aromatic rings. The van der Waals surface area contributed by atoms with Crippen molar-refractivity contribution in [3.63, 3.8) is 0 Å². The van der Waals surface area contributed by atoms with E-state index in [9.17, 15) is 9.59 Å². The van der Waals surface area contributed by atoms with Gasteiger partial charge in [0.2, 0.25) is 0 Å². The highest BCUT2D eigenvalue weighted by atomic mass is 32.2. The van der Waals surface area contributed by atoms with Crippen LogP contribution >= 0.6 is 11.8 Å². The minimum atomic E-state index is -0.291. The van der Waals surface area contributed by atoms with Crippen molar-refractivity contribution in [2.45, 2.75) is 19.3 Å². The van der Waals surface area contributed by atoms with Gasteiger partial charge in [-0.05, 0) is 23.5 Å². The Bertz CT molecular complexity index is 1570. The number of carbonyl (C=O) groups is 2. The van der Waals surface area contributed by atoms with E-state index in [0.29, 0.717) is 17.0 Å². The number of rotatable bonds is 3. The summed E-state index contributed by atoms with van der Waals surface area (Å²) in [6.07, 6.45) is 0.952. The number of hydrogen-bond acceptors (Lipinski definition) is 5. The number of hydrogen-bond donors (Lipinski definition) is 2. The molecule has 6 nitrogen and oxygen atoms in total. The molecule has 1 aromatic heterocycles. The van der Waals surface area contributed by atoms with E-state index in [4.69, 9.17) is 0 Å². The highest BCUT2D eigenvalue weighted by molar-refractivity contribution is 7.99. The maximum Gasteiger partial charge on any atom is 0.259 e. The zero-order chi connectivity index (χ0) is 23.8. The molecule has 0 aliphatic carbocycles. The van der Waals surface area contributed by atoms with Gasteiger partial charge in [0.1, 0.15) is 0 Å². The number of imide groups is 1. The standard InChI is InChI=1S/C28H28N4O2S/c1-15(14-32-10-12-35-13-11-32)17-4-3-5-18-20-22-23(28(34)30-27(22)33)21-19(25(20)29-24(17)18)7-6-16-8-9-31(2)26(16)21/h3-7,15,29H,8-14H2,1-2H3,(H,30,33,34)/t15-/m1/s1. The van der Waals surface area contributed by atoms with Crippen LogP contribution in [0, 0.1) is 0 Å². The molecule has 2 amide bonds. The van der Waals surface area contributed by atoms with Crippen LogP contribution in [0.1, 0.15) is 44.7 Å². The molecule has 7 heteroatoms. The van der Waals surface area contributed by atoms with E-state index in [0.717, 1.165) is 70.9 Å². The number of amides is 2. The number of carbonyl (C=O) groups excluding carboxylic acids is 2. The zero-order valence-corrected chi connectivity index (χ0v) is 20.8. The lowest BCUT2D eigenvalue weighted by Gasteiger charge is -2.29. The largest absolute Gasteiger partial charge is 0.374 e. The summed E-state index contributed by atoms with van der Waals surface area (Å²) >= 11 is 2.03. The maximum absolute atomic E-state index is 13.2. The second kappa shape index (κ2) is 7.73. The zero-order valence-electron chi connectivity index (χ0n) is 20.0. The van der Waals surface area contributed by atoms with Crippen LogP contribution in [0.5, 0.6) is 0 Å². The van der Waals surface area contributed by atoms with Crippen LogP contribution in [-0.2, 0) is 6.42 Å². The average molecular weight is 485 g/mol. The molecule has 3 aliphatic heterocycles. The van der Waals surface area contributed by atoms with Crippen molar-refractivity contribution in [2.75, 3.05) is 49.6 Å². The van der Waals surface area contributed by atoms with E-state index in [1.165, 1.54) is 22.6 Å². The number of anilines is 1. The Labute approximate surface area is 208 Å². The summed E-state index contributed by atoms with van der Waals surface area (Å²) < 4.78 is 0. The van der Waals surface area contributed by atoms with Crippen LogP contribution in [0.3, 0.4) is 0 Å². The number of H-pyrrole nitrogens is 1. The summed E-state index contributed by atoms with van der Waals surface area (Å²) in [6, 6.07) is 10.7. The molecule has 1 fully saturated rings. The van der Waals surface area contributed by atoms with Crippen LogP contribution in [0.2, 0.25) is 0 Å². The highest BCUT2D eigenvalue weighted by Crippen LogP contribution is 2.46. The number of benzene rings is 3. The average Bonchev–Trinajstić information content (AvgIpc) is 3.52. The Morgan fingerprint density at radius 2 is 1.69 bits per heavy atom. The highest BCUT2D eigenvalue weighted by Gasteiger charge is 2.36. The van der Waals surface area contributed by atoms with Crippen molar-refractivity contribution >= 4 is 61.8 Å². The summed E-state index contributed by atoms with van der Waals surface area (Å²) in [5, 5.41) is 6.41. The monoisotopic (exact) mass is 484 g/mol. The number of thioether (sulfide) groups is 1. The van der Waals surface area contributed by atoms with Crippen molar-refractivity contribution in [1.29, 1.82) is 0 Å². The molecule has 3 aromatic carbocycles. The van der Waals surface area contributed by atoms with Gasteiger partial charge in [0.25, 0.3) is 11.8 Å². The summed E-state index contributed by atoms with van der Waals surface area (Å²) in [7, 11) is 2.07. The SMILES string of the molecule is C[C@H](CN1CCSCC1)c1cccc2c1[nH]c1c3ccc4c(c3c3c(c21)C(=O)NC3=O)N(C)CC4. The first-order valence-electron chi connectivity index (χ1n) is 12.5. The molecule has 1 saturated heterocycles. The summed E-state index contributed by atoms with van der Waals surface area (Å²) in [5.41, 5.74) is 6.68. The number of fused-ring (bicyclic) bond motifs is 10. The molecular formula is C28H28N4O2S. The molecular weight excluding hydrogens is 456 g/mol. The van der Waals surface area contributed by atoms with Crippen LogP contribution in [0.15, 0.2) is 30.3 Å². The maximum atomic E-state index is 13.2. The van der Waals surface area contributed by atoms with Gasteiger partial charge in [-0.25, -0.2) is 0 Å². The van der Waals surface area contributed by atoms with Crippen LogP contribution in [0.25, 0.3) is 32.6 Å². The molecule has 0 radical (unpaired) electrons. The topological polar surface area (TPSA) is 68.4 Å². The Morgan fingerprint density at radius 1 is 0.943 bits per heavy atom. The molecule has 4 heterocycles. The molecule has 1 atom stereocenters. The third-order valence-corrected chi connectivity index (χ3v) is 9.04. The molecule has 2 N–H and O–H groups in total. The van der Waals surface area contributed by atoms with E-state index >= 15 is 0 Å². The van der Waals surface area contributed by atoms with Crippen molar-refractivity contribution < 1.29 is 9.59 Å². The van der Waals surface area contributed by atoms with E-state index in [1.54, 1.807) is 0 Å². The van der Waals surface area contributed by atoms with E-state index < -0.39 is 0 Å². The molecule has 3 aliphatic rings. The molecule has 0 bridgehead atoms. The van der Waals surface area contributed by atoms with Crippen molar-refractivity contribution in [1.82, 2.24) is 15.2 Å². The second-order valence-electron chi connectivity index (χ2n) is 10.2. The third-order valence-electron chi connectivity index (χ3n) is 8.09. The summed E-state index contributed by atoms with van der Waals surface area (Å²) in [5.74, 6) is 2.17. The van der Waals surface area contributed by atoms with Crippen LogP contribution < -0.4 is 10.2 Å². The van der Waals surface area contributed by atoms with Crippen molar-refractivity contribution in [2.24, 2.45) is 0 Å². The minimum absolute atomic E-state index is 0.285. The Hall–Kier alpha value is -3.03. The lowest BCUT2D eigenvalue weighted by Crippen LogP contribution is -2.35. The van der Waals surface area contributed by atoms with E-state index in [-0.39, 0.29) is 11.8 Å². The summed E-state index contributed by atoms with van der Waals surface area (Å²) in [6.45, 7) is 6.50. The van der Waals surface area contributed by atoms with Crippen molar-refractivity contribution in [3.8, 4) is 0 Å². The number of nitrogens with one attached hydrogen (secondary N) is 2. The van der Waals surface area contributed by atoms with Gasteiger partial charge in [0, 0.05) is 72.0 Å². The van der Waals surface area contributed by atoms with Gasteiger partial charge in [-0.2, -0.15) is 11.8 Å². The lowest BCUT2D eigenvalue weighted by atomic mass is 9.91. The van der Waals surface area contributed by atoms with Gasteiger partial charge in [-0.1, -0.05) is 37.3 Å². The fourth-order valence-electron chi connectivity index (χ4n) is 6.45. The number of nitrogens with zero attached hydrogens (tertiary/aromatic N) is 2. The van der Waals surface area contributed by atoms with Crippen LogP contribution in [0.4, 0.5) is 5.69 Å². The Morgan fingerprint density at radius 3 is 2.49 bits per heavy atom. The van der Waals surface area contributed by atoms with Gasteiger partial charge in [0.05, 0.1) is 22.2 Å². The molecule has 0 unspecified atom stereocenters. The Kier molecular flexibility index (Phi) is 4.70. The normalized spacial score (nSPS) is 19.1. The van der Waals surface area contributed by atoms with Crippen LogP contribution in [-0.4, -0.2) is 66.4 Å². The van der Waals surface area contributed by atoms with Gasteiger partial charge >= 0.3 is 0 Å². The number of likely N-dealkylation sites (N-methyl/N-ethyl adjacent to an activating group) is 1. The molecule has 0 saturated carbocycles. The molecule has 7 rings (SSSR count). The number of aromatic amines is 1. The molecule has 0 spiro atoms. The van der Waals surface area contributed by atoms with Gasteiger partial charge in [-0.15, -0.1) is 0 Å².